The zero-order chi connectivity index (χ0) is 16.1. The molecule has 5 nitrogen and oxygen atoms in total. The molecule has 2 N–H and O–H groups in total. The van der Waals surface area contributed by atoms with Crippen LogP contribution in [0, 0.1) is 12.8 Å². The Balaban J connectivity index is 1.43. The zero-order valence-electron chi connectivity index (χ0n) is 13.2. The average molecular weight is 331 g/mol. The van der Waals surface area contributed by atoms with Crippen molar-refractivity contribution < 1.29 is 9.53 Å². The lowest BCUT2D eigenvalue weighted by molar-refractivity contribution is -0.120. The first kappa shape index (κ1) is 16.0. The number of hydrogen-bond acceptors (Lipinski definition) is 5. The number of rotatable bonds is 7. The fraction of sp³-hybridized carbons (Fsp3) is 0.412. The molecule has 1 saturated heterocycles. The topological polar surface area (TPSA) is 63.2 Å². The van der Waals surface area contributed by atoms with Crippen LogP contribution in [0.4, 0.5) is 0 Å². The highest BCUT2D eigenvalue weighted by Crippen LogP contribution is 2.16. The van der Waals surface area contributed by atoms with Crippen molar-refractivity contribution >= 4 is 17.2 Å². The fourth-order valence-corrected chi connectivity index (χ4v) is 2.96. The van der Waals surface area contributed by atoms with Gasteiger partial charge in [0.05, 0.1) is 12.1 Å². The minimum atomic E-state index is 0.0354. The van der Waals surface area contributed by atoms with Crippen LogP contribution in [0.15, 0.2) is 29.6 Å². The molecule has 1 amide bonds. The van der Waals surface area contributed by atoms with Crippen molar-refractivity contribution in [3.63, 3.8) is 0 Å². The average Bonchev–Trinajstić information content (AvgIpc) is 2.92. The molecule has 23 heavy (non-hydrogen) atoms. The van der Waals surface area contributed by atoms with E-state index < -0.39 is 0 Å². The third kappa shape index (κ3) is 4.77. The van der Waals surface area contributed by atoms with Crippen molar-refractivity contribution in [3.8, 4) is 5.75 Å². The lowest BCUT2D eigenvalue weighted by Gasteiger charge is -2.26. The van der Waals surface area contributed by atoms with Crippen LogP contribution in [0.25, 0.3) is 0 Å². The van der Waals surface area contributed by atoms with E-state index in [0.717, 1.165) is 36.1 Å². The van der Waals surface area contributed by atoms with Crippen molar-refractivity contribution in [2.75, 3.05) is 19.6 Å². The van der Waals surface area contributed by atoms with Gasteiger partial charge in [0, 0.05) is 30.9 Å². The van der Waals surface area contributed by atoms with Gasteiger partial charge in [-0.1, -0.05) is 17.7 Å². The maximum Gasteiger partial charge on any atom is 0.226 e. The van der Waals surface area contributed by atoms with Crippen molar-refractivity contribution in [2.45, 2.75) is 20.0 Å². The minimum Gasteiger partial charge on any atom is -0.486 e. The Labute approximate surface area is 140 Å². The lowest BCUT2D eigenvalue weighted by atomic mass is 10.0. The summed E-state index contributed by atoms with van der Waals surface area (Å²) in [6, 6.07) is 7.94. The van der Waals surface area contributed by atoms with E-state index in [1.54, 1.807) is 0 Å². The van der Waals surface area contributed by atoms with Crippen molar-refractivity contribution in [1.29, 1.82) is 0 Å². The molecule has 0 aliphatic carbocycles. The Morgan fingerprint density at radius 1 is 1.39 bits per heavy atom. The van der Waals surface area contributed by atoms with E-state index in [1.807, 2.05) is 36.6 Å². The Kier molecular flexibility index (Phi) is 5.25. The first-order chi connectivity index (χ1) is 11.2. The largest absolute Gasteiger partial charge is 0.486 e. The van der Waals surface area contributed by atoms with Gasteiger partial charge in [0.15, 0.2) is 0 Å². The lowest BCUT2D eigenvalue weighted by Crippen LogP contribution is -2.48. The molecule has 6 heteroatoms. The number of hydrogen-bond donors (Lipinski definition) is 2. The first-order valence-corrected chi connectivity index (χ1v) is 8.67. The Bertz CT molecular complexity index is 650. The van der Waals surface area contributed by atoms with Crippen LogP contribution in [0.3, 0.4) is 0 Å². The molecule has 122 valence electrons. The summed E-state index contributed by atoms with van der Waals surface area (Å²) in [7, 11) is 0. The number of benzene rings is 1. The quantitative estimate of drug-likeness (QED) is 0.813. The second kappa shape index (κ2) is 7.57. The normalized spacial score (nSPS) is 14.3. The van der Waals surface area contributed by atoms with Gasteiger partial charge in [-0.25, -0.2) is 4.98 Å². The number of thiazole rings is 1. The van der Waals surface area contributed by atoms with Gasteiger partial charge in [-0.3, -0.25) is 4.79 Å². The molecular weight excluding hydrogens is 310 g/mol. The molecule has 0 saturated carbocycles. The van der Waals surface area contributed by atoms with E-state index in [-0.39, 0.29) is 5.91 Å². The molecular formula is C17H21N3O2S. The highest BCUT2D eigenvalue weighted by atomic mass is 32.1. The highest BCUT2D eigenvalue weighted by molar-refractivity contribution is 7.09. The zero-order valence-corrected chi connectivity index (χ0v) is 14.0. The number of carbonyl (C=O) groups is 1. The molecule has 1 fully saturated rings. The van der Waals surface area contributed by atoms with Gasteiger partial charge in [-0.05, 0) is 19.1 Å². The summed E-state index contributed by atoms with van der Waals surface area (Å²) in [4.78, 5) is 16.3. The van der Waals surface area contributed by atoms with E-state index >= 15 is 0 Å². The van der Waals surface area contributed by atoms with Crippen LogP contribution < -0.4 is 15.4 Å². The summed E-state index contributed by atoms with van der Waals surface area (Å²) in [6.07, 6.45) is 0.335. The summed E-state index contributed by atoms with van der Waals surface area (Å²) in [6.45, 7) is 5.22. The number of aromatic nitrogens is 1. The van der Waals surface area contributed by atoms with Crippen LogP contribution in [-0.2, 0) is 17.8 Å². The monoisotopic (exact) mass is 331 g/mol. The number of aryl methyl sites for hydroxylation is 1. The maximum absolute atomic E-state index is 11.9. The number of carbonyl (C=O) groups excluding carboxylic acids is 1. The molecule has 0 bridgehead atoms. The molecule has 0 spiro atoms. The van der Waals surface area contributed by atoms with Crippen LogP contribution in [0.2, 0.25) is 0 Å². The molecule has 2 aromatic rings. The predicted molar refractivity (Wildman–Crippen MR) is 90.7 cm³/mol. The molecule has 2 heterocycles. The molecule has 3 rings (SSSR count). The summed E-state index contributed by atoms with van der Waals surface area (Å²) in [5, 5.41) is 8.97. The van der Waals surface area contributed by atoms with Crippen LogP contribution in [-0.4, -0.2) is 30.5 Å². The van der Waals surface area contributed by atoms with E-state index in [1.165, 1.54) is 16.9 Å². The van der Waals surface area contributed by atoms with Crippen molar-refractivity contribution in [1.82, 2.24) is 15.6 Å². The number of ether oxygens (including phenoxy) is 1. The molecule has 1 aliphatic rings. The Hall–Kier alpha value is -1.92. The summed E-state index contributed by atoms with van der Waals surface area (Å²) in [5.74, 6) is 1.44. The molecule has 0 radical (unpaired) electrons. The number of amides is 1. The van der Waals surface area contributed by atoms with E-state index in [2.05, 4.69) is 15.6 Å². The van der Waals surface area contributed by atoms with E-state index in [9.17, 15) is 4.79 Å². The van der Waals surface area contributed by atoms with Gasteiger partial charge in [0.25, 0.3) is 0 Å². The van der Waals surface area contributed by atoms with E-state index in [0.29, 0.717) is 18.9 Å². The second-order valence-corrected chi connectivity index (χ2v) is 6.78. The van der Waals surface area contributed by atoms with Gasteiger partial charge in [-0.15, -0.1) is 11.3 Å². The number of nitrogens with zero attached hydrogens (tertiary/aromatic N) is 1. The third-order valence-electron chi connectivity index (χ3n) is 3.78. The molecule has 1 aromatic carbocycles. The van der Waals surface area contributed by atoms with Crippen molar-refractivity contribution in [3.05, 3.63) is 45.9 Å². The molecule has 0 unspecified atom stereocenters. The summed E-state index contributed by atoms with van der Waals surface area (Å²) in [5.41, 5.74) is 2.01. The van der Waals surface area contributed by atoms with Crippen LogP contribution >= 0.6 is 11.3 Å². The van der Waals surface area contributed by atoms with Crippen LogP contribution in [0.1, 0.15) is 16.3 Å². The van der Waals surface area contributed by atoms with Gasteiger partial charge in [0.2, 0.25) is 5.91 Å². The fourth-order valence-electron chi connectivity index (χ4n) is 2.25. The predicted octanol–water partition coefficient (Wildman–Crippen LogP) is 1.91. The SMILES string of the molecule is Cc1ccc(OCc2nc(CC(=O)NCC3CNC3)cs2)cc1. The highest BCUT2D eigenvalue weighted by Gasteiger charge is 2.17. The maximum atomic E-state index is 11.9. The standard InChI is InChI=1S/C17H21N3O2S/c1-12-2-4-15(5-3-12)22-10-17-20-14(11-23-17)6-16(21)19-9-13-7-18-8-13/h2-5,11,13,18H,6-10H2,1H3,(H,19,21). The Morgan fingerprint density at radius 2 is 2.17 bits per heavy atom. The third-order valence-corrected chi connectivity index (χ3v) is 4.65. The minimum absolute atomic E-state index is 0.0354. The summed E-state index contributed by atoms with van der Waals surface area (Å²) < 4.78 is 5.71. The Morgan fingerprint density at radius 3 is 2.87 bits per heavy atom. The van der Waals surface area contributed by atoms with Gasteiger partial charge >= 0.3 is 0 Å². The molecule has 0 atom stereocenters. The van der Waals surface area contributed by atoms with Gasteiger partial charge < -0.3 is 15.4 Å². The summed E-state index contributed by atoms with van der Waals surface area (Å²) >= 11 is 1.53. The van der Waals surface area contributed by atoms with Crippen molar-refractivity contribution in [2.24, 2.45) is 5.92 Å². The smallest absolute Gasteiger partial charge is 0.226 e. The van der Waals surface area contributed by atoms with Gasteiger partial charge in [-0.2, -0.15) is 0 Å². The second-order valence-electron chi connectivity index (χ2n) is 5.84. The first-order valence-electron chi connectivity index (χ1n) is 7.79. The van der Waals surface area contributed by atoms with E-state index in [4.69, 9.17) is 4.74 Å². The molecule has 1 aliphatic heterocycles. The van der Waals surface area contributed by atoms with Gasteiger partial charge in [0.1, 0.15) is 17.4 Å². The number of nitrogens with one attached hydrogen (secondary N) is 2. The van der Waals surface area contributed by atoms with Crippen LogP contribution in [0.5, 0.6) is 5.75 Å². The molecule has 1 aromatic heterocycles.